The fourth-order valence-electron chi connectivity index (χ4n) is 4.07. The van der Waals surface area contributed by atoms with Crippen molar-refractivity contribution in [3.8, 4) is 0 Å². The van der Waals surface area contributed by atoms with Gasteiger partial charge >= 0.3 is 0 Å². The van der Waals surface area contributed by atoms with Gasteiger partial charge in [-0.3, -0.25) is 0 Å². The number of fused-ring (bicyclic) bond motifs is 3. The minimum absolute atomic E-state index is 0.131. The molecular weight excluding hydrogens is 410 g/mol. The molecule has 29 heavy (non-hydrogen) atoms. The van der Waals surface area contributed by atoms with E-state index >= 15 is 0 Å². The Labute approximate surface area is 177 Å². The Morgan fingerprint density at radius 1 is 1.14 bits per heavy atom. The first-order valence-corrected chi connectivity index (χ1v) is 10.1. The van der Waals surface area contributed by atoms with Crippen molar-refractivity contribution in [3.05, 3.63) is 87.0 Å². The van der Waals surface area contributed by atoms with Gasteiger partial charge in [-0.25, -0.2) is 14.4 Å². The molecule has 0 amide bonds. The second-order valence-electron chi connectivity index (χ2n) is 7.22. The van der Waals surface area contributed by atoms with E-state index in [0.717, 1.165) is 46.4 Å². The lowest BCUT2D eigenvalue weighted by Crippen LogP contribution is -2.37. The highest BCUT2D eigenvalue weighted by molar-refractivity contribution is 6.31. The summed E-state index contributed by atoms with van der Waals surface area (Å²) in [5.74, 6) is 0.234. The maximum absolute atomic E-state index is 14.1. The Morgan fingerprint density at radius 3 is 2.69 bits per heavy atom. The van der Waals surface area contributed by atoms with Crippen molar-refractivity contribution in [1.29, 1.82) is 0 Å². The van der Waals surface area contributed by atoms with E-state index in [0.29, 0.717) is 11.0 Å². The summed E-state index contributed by atoms with van der Waals surface area (Å²) < 4.78 is 14.1. The van der Waals surface area contributed by atoms with Gasteiger partial charge in [-0.05, 0) is 54.8 Å². The zero-order valence-corrected chi connectivity index (χ0v) is 17.1. The van der Waals surface area contributed by atoms with Gasteiger partial charge in [0.2, 0.25) is 5.95 Å². The Kier molecular flexibility index (Phi) is 4.45. The molecule has 2 aromatic carbocycles. The number of aromatic nitrogens is 3. The molecule has 0 bridgehead atoms. The fraction of sp³-hybridized carbons (Fsp3) is 0.182. The summed E-state index contributed by atoms with van der Waals surface area (Å²) in [5.41, 5.74) is 4.84. The zero-order chi connectivity index (χ0) is 20.1. The van der Waals surface area contributed by atoms with Gasteiger partial charge in [0.15, 0.2) is 0 Å². The van der Waals surface area contributed by atoms with Crippen LogP contribution in [0.4, 0.5) is 10.3 Å². The van der Waals surface area contributed by atoms with Crippen LogP contribution in [0.15, 0.2) is 48.7 Å². The van der Waals surface area contributed by atoms with E-state index in [4.69, 9.17) is 23.2 Å². The minimum atomic E-state index is -0.431. The molecule has 0 saturated heterocycles. The summed E-state index contributed by atoms with van der Waals surface area (Å²) in [7, 11) is 0. The van der Waals surface area contributed by atoms with Crippen molar-refractivity contribution < 1.29 is 4.39 Å². The summed E-state index contributed by atoms with van der Waals surface area (Å²) in [6.45, 7) is 2.68. The molecular formula is C22H17Cl2FN4. The van der Waals surface area contributed by atoms with Gasteiger partial charge in [0.05, 0.1) is 11.1 Å². The third-order valence-electron chi connectivity index (χ3n) is 5.39. The van der Waals surface area contributed by atoms with Crippen LogP contribution < -0.4 is 4.90 Å². The average molecular weight is 427 g/mol. The third-order valence-corrected chi connectivity index (χ3v) is 5.93. The van der Waals surface area contributed by atoms with Gasteiger partial charge in [0.1, 0.15) is 5.82 Å². The molecule has 1 atom stereocenters. The van der Waals surface area contributed by atoms with Crippen molar-refractivity contribution in [2.45, 2.75) is 19.4 Å². The van der Waals surface area contributed by atoms with Crippen LogP contribution in [0.25, 0.3) is 10.9 Å². The first-order valence-electron chi connectivity index (χ1n) is 9.32. The van der Waals surface area contributed by atoms with E-state index in [-0.39, 0.29) is 11.1 Å². The van der Waals surface area contributed by atoms with Crippen LogP contribution in [0.3, 0.4) is 0 Å². The summed E-state index contributed by atoms with van der Waals surface area (Å²) in [6, 6.07) is 12.7. The third kappa shape index (κ3) is 3.15. The lowest BCUT2D eigenvalue weighted by atomic mass is 9.92. The number of hydrogen-bond acceptors (Lipinski definition) is 3. The van der Waals surface area contributed by atoms with Crippen molar-refractivity contribution in [2.24, 2.45) is 0 Å². The van der Waals surface area contributed by atoms with Crippen molar-refractivity contribution in [3.63, 3.8) is 0 Å². The maximum atomic E-state index is 14.1. The number of nitrogens with one attached hydrogen (secondary N) is 1. The smallest absolute Gasteiger partial charge is 0.226 e. The average Bonchev–Trinajstić information content (AvgIpc) is 3.06. The van der Waals surface area contributed by atoms with Gasteiger partial charge < -0.3 is 9.88 Å². The summed E-state index contributed by atoms with van der Waals surface area (Å²) in [6.07, 6.45) is 2.55. The highest BCUT2D eigenvalue weighted by Gasteiger charge is 2.33. The van der Waals surface area contributed by atoms with Gasteiger partial charge in [-0.2, -0.15) is 0 Å². The number of aryl methyl sites for hydroxylation is 1. The van der Waals surface area contributed by atoms with Crippen LogP contribution in [0.1, 0.15) is 28.6 Å². The second-order valence-corrected chi connectivity index (χ2v) is 8.07. The normalized spacial score (nSPS) is 16.3. The maximum Gasteiger partial charge on any atom is 0.226 e. The number of hydrogen-bond donors (Lipinski definition) is 1. The molecule has 1 unspecified atom stereocenters. The van der Waals surface area contributed by atoms with Crippen LogP contribution in [0, 0.1) is 12.7 Å². The predicted molar refractivity (Wildman–Crippen MR) is 114 cm³/mol. The topological polar surface area (TPSA) is 44.8 Å². The molecule has 5 rings (SSSR count). The van der Waals surface area contributed by atoms with Crippen LogP contribution in [-0.4, -0.2) is 21.5 Å². The Hall–Kier alpha value is -2.63. The minimum Gasteiger partial charge on any atom is -0.356 e. The summed E-state index contributed by atoms with van der Waals surface area (Å²) >= 11 is 12.2. The lowest BCUT2D eigenvalue weighted by molar-refractivity contribution is 0.625. The van der Waals surface area contributed by atoms with Crippen LogP contribution in [0.5, 0.6) is 0 Å². The molecule has 0 fully saturated rings. The summed E-state index contributed by atoms with van der Waals surface area (Å²) in [5, 5.41) is 1.76. The van der Waals surface area contributed by atoms with E-state index in [1.165, 1.54) is 6.07 Å². The number of nitrogens with zero attached hydrogens (tertiary/aromatic N) is 3. The van der Waals surface area contributed by atoms with Crippen molar-refractivity contribution >= 4 is 40.1 Å². The summed E-state index contributed by atoms with van der Waals surface area (Å²) in [4.78, 5) is 14.7. The molecule has 1 aliphatic rings. The predicted octanol–water partition coefficient (Wildman–Crippen LogP) is 5.86. The molecule has 146 valence electrons. The van der Waals surface area contributed by atoms with Crippen LogP contribution in [-0.2, 0) is 6.42 Å². The molecule has 4 aromatic rings. The Balaban J connectivity index is 1.73. The van der Waals surface area contributed by atoms with E-state index in [1.54, 1.807) is 12.3 Å². The molecule has 3 heterocycles. The van der Waals surface area contributed by atoms with E-state index in [1.807, 2.05) is 37.3 Å². The van der Waals surface area contributed by atoms with E-state index in [2.05, 4.69) is 19.9 Å². The number of rotatable bonds is 2. The lowest BCUT2D eigenvalue weighted by Gasteiger charge is -2.36. The zero-order valence-electron chi connectivity index (χ0n) is 15.6. The molecule has 4 nitrogen and oxygen atoms in total. The van der Waals surface area contributed by atoms with Crippen molar-refractivity contribution in [2.75, 3.05) is 11.4 Å². The quantitative estimate of drug-likeness (QED) is 0.436. The van der Waals surface area contributed by atoms with Crippen LogP contribution >= 0.6 is 23.2 Å². The molecule has 1 aliphatic heterocycles. The number of H-pyrrole nitrogens is 1. The number of benzene rings is 2. The van der Waals surface area contributed by atoms with Gasteiger partial charge in [0.25, 0.3) is 0 Å². The van der Waals surface area contributed by atoms with Gasteiger partial charge in [-0.15, -0.1) is 0 Å². The number of aromatic amines is 1. The first-order chi connectivity index (χ1) is 14.0. The monoisotopic (exact) mass is 426 g/mol. The molecule has 0 saturated carbocycles. The molecule has 0 spiro atoms. The van der Waals surface area contributed by atoms with Gasteiger partial charge in [-0.1, -0.05) is 35.3 Å². The highest BCUT2D eigenvalue weighted by Crippen LogP contribution is 2.41. The fourth-order valence-corrected chi connectivity index (χ4v) is 4.36. The van der Waals surface area contributed by atoms with Gasteiger partial charge in [0, 0.05) is 40.1 Å². The first kappa shape index (κ1) is 18.4. The molecule has 1 N–H and O–H groups in total. The Bertz CT molecular complexity index is 1220. The van der Waals surface area contributed by atoms with E-state index in [9.17, 15) is 4.39 Å². The van der Waals surface area contributed by atoms with Crippen molar-refractivity contribution in [1.82, 2.24) is 15.0 Å². The second kappa shape index (κ2) is 7.01. The number of anilines is 1. The van der Waals surface area contributed by atoms with E-state index < -0.39 is 5.82 Å². The molecule has 0 radical (unpaired) electrons. The largest absolute Gasteiger partial charge is 0.356 e. The molecule has 0 aliphatic carbocycles. The van der Waals surface area contributed by atoms with Crippen LogP contribution in [0.2, 0.25) is 10.0 Å². The molecule has 2 aromatic heterocycles. The number of halogens is 3. The standard InChI is InChI=1S/C22H17Cl2FN4/c1-12-6-8-26-22(27-12)29-9-7-15-16-10-17(24)18(25)11-19(16)28-20(15)21(29)13-2-4-14(23)5-3-13/h2-6,8,10-11,21,28H,7,9H2,1H3. The molecule has 7 heteroatoms. The Morgan fingerprint density at radius 2 is 1.93 bits per heavy atom. The highest BCUT2D eigenvalue weighted by atomic mass is 35.5. The SMILES string of the molecule is Cc1ccnc(N2CCc3c([nH]c4cc(F)c(Cl)cc34)C2c2ccc(Cl)cc2)n1.